The molecule has 0 aliphatic rings. The van der Waals surface area contributed by atoms with Gasteiger partial charge in [0.2, 0.25) is 0 Å². The van der Waals surface area contributed by atoms with Crippen LogP contribution in [0.2, 0.25) is 5.02 Å². The summed E-state index contributed by atoms with van der Waals surface area (Å²) in [5, 5.41) is 3.09. The van der Waals surface area contributed by atoms with Crippen molar-refractivity contribution in [2.45, 2.75) is 0 Å². The Hall–Kier alpha value is -1.99. The number of benzene rings is 3. The predicted molar refractivity (Wildman–Crippen MR) is 78.8 cm³/mol. The van der Waals surface area contributed by atoms with Gasteiger partial charge in [-0.05, 0) is 52.2 Å². The molecule has 3 aromatic rings. The highest BCUT2D eigenvalue weighted by molar-refractivity contribution is 6.30. The zero-order chi connectivity index (χ0) is 12.5. The molecule has 88 valence electrons. The third kappa shape index (κ3) is 2.05. The Labute approximate surface area is 111 Å². The molecule has 1 nitrogen and oxygen atoms in total. The lowest BCUT2D eigenvalue weighted by Gasteiger charge is -2.05. The molecule has 0 aromatic heterocycles. The Balaban J connectivity index is 2.16. The average molecular weight is 254 g/mol. The highest BCUT2D eigenvalue weighted by Gasteiger charge is 2.00. The number of rotatable bonds is 1. The van der Waals surface area contributed by atoms with Crippen molar-refractivity contribution in [2.24, 2.45) is 0 Å². The molecule has 0 radical (unpaired) electrons. The fraction of sp³-hybridized carbons (Fsp3) is 0. The summed E-state index contributed by atoms with van der Waals surface area (Å²) >= 11 is 6.02. The Morgan fingerprint density at radius 2 is 1.44 bits per heavy atom. The second-order valence-electron chi connectivity index (χ2n) is 4.33. The van der Waals surface area contributed by atoms with E-state index in [0.717, 1.165) is 27.2 Å². The molecule has 2 N–H and O–H groups in total. The molecule has 0 amide bonds. The van der Waals surface area contributed by atoms with E-state index in [4.69, 9.17) is 17.3 Å². The quantitative estimate of drug-likeness (QED) is 0.623. The molecular formula is C16H12ClN. The fourth-order valence-electron chi connectivity index (χ4n) is 2.11. The van der Waals surface area contributed by atoms with Gasteiger partial charge in [0.1, 0.15) is 0 Å². The first-order chi connectivity index (χ1) is 8.72. The maximum Gasteiger partial charge on any atom is 0.0412 e. The molecule has 3 rings (SSSR count). The molecule has 0 spiro atoms. The van der Waals surface area contributed by atoms with Gasteiger partial charge >= 0.3 is 0 Å². The minimum atomic E-state index is 0.755. The van der Waals surface area contributed by atoms with Crippen LogP contribution in [0.25, 0.3) is 21.9 Å². The average Bonchev–Trinajstić information content (AvgIpc) is 2.38. The zero-order valence-corrected chi connectivity index (χ0v) is 10.5. The molecule has 0 aliphatic carbocycles. The van der Waals surface area contributed by atoms with E-state index >= 15 is 0 Å². The van der Waals surface area contributed by atoms with Crippen LogP contribution in [-0.4, -0.2) is 0 Å². The number of nitrogens with two attached hydrogens (primary N) is 1. The fourth-order valence-corrected chi connectivity index (χ4v) is 2.30. The minimum Gasteiger partial charge on any atom is -0.399 e. The summed E-state index contributed by atoms with van der Waals surface area (Å²) in [5.41, 5.74) is 8.85. The van der Waals surface area contributed by atoms with Crippen molar-refractivity contribution in [3.05, 3.63) is 65.7 Å². The number of fused-ring (bicyclic) bond motifs is 1. The summed E-state index contributed by atoms with van der Waals surface area (Å²) in [6.45, 7) is 0. The Kier molecular flexibility index (Phi) is 2.69. The Morgan fingerprint density at radius 3 is 2.28 bits per heavy atom. The molecule has 18 heavy (non-hydrogen) atoms. The summed E-state index contributed by atoms with van der Waals surface area (Å²) in [6.07, 6.45) is 0. The molecule has 0 fully saturated rings. The summed E-state index contributed by atoms with van der Waals surface area (Å²) in [5.74, 6) is 0. The van der Waals surface area contributed by atoms with Gasteiger partial charge in [-0.2, -0.15) is 0 Å². The second kappa shape index (κ2) is 4.35. The van der Waals surface area contributed by atoms with E-state index in [9.17, 15) is 0 Å². The van der Waals surface area contributed by atoms with Crippen LogP contribution in [0.1, 0.15) is 0 Å². The van der Waals surface area contributed by atoms with Crippen LogP contribution in [0.15, 0.2) is 60.7 Å². The normalized spacial score (nSPS) is 10.7. The van der Waals surface area contributed by atoms with E-state index in [1.54, 1.807) is 0 Å². The molecule has 0 unspecified atom stereocenters. The maximum atomic E-state index is 6.02. The second-order valence-corrected chi connectivity index (χ2v) is 4.77. The molecular weight excluding hydrogens is 242 g/mol. The maximum absolute atomic E-state index is 6.02. The third-order valence-electron chi connectivity index (χ3n) is 3.02. The van der Waals surface area contributed by atoms with E-state index in [1.165, 1.54) is 5.39 Å². The summed E-state index contributed by atoms with van der Waals surface area (Å²) < 4.78 is 0. The van der Waals surface area contributed by atoms with Crippen molar-refractivity contribution in [1.82, 2.24) is 0 Å². The first-order valence-corrected chi connectivity index (χ1v) is 6.15. The van der Waals surface area contributed by atoms with Crippen LogP contribution in [0, 0.1) is 0 Å². The third-order valence-corrected chi connectivity index (χ3v) is 3.26. The van der Waals surface area contributed by atoms with E-state index < -0.39 is 0 Å². The van der Waals surface area contributed by atoms with Gasteiger partial charge in [-0.25, -0.2) is 0 Å². The highest BCUT2D eigenvalue weighted by atomic mass is 35.5. The number of halogens is 1. The van der Waals surface area contributed by atoms with Crippen LogP contribution in [0.4, 0.5) is 5.69 Å². The minimum absolute atomic E-state index is 0.755. The lowest BCUT2D eigenvalue weighted by Crippen LogP contribution is -1.84. The van der Waals surface area contributed by atoms with Crippen LogP contribution < -0.4 is 5.73 Å². The molecule has 0 bridgehead atoms. The van der Waals surface area contributed by atoms with Crippen molar-refractivity contribution in [3.8, 4) is 11.1 Å². The number of anilines is 1. The van der Waals surface area contributed by atoms with Crippen molar-refractivity contribution >= 4 is 28.1 Å². The number of hydrogen-bond acceptors (Lipinski definition) is 1. The molecule has 2 heteroatoms. The molecule has 0 heterocycles. The molecule has 0 saturated heterocycles. The van der Waals surface area contributed by atoms with Gasteiger partial charge in [-0.15, -0.1) is 0 Å². The monoisotopic (exact) mass is 253 g/mol. The molecule has 0 saturated carbocycles. The van der Waals surface area contributed by atoms with Gasteiger partial charge in [-0.1, -0.05) is 41.9 Å². The smallest absolute Gasteiger partial charge is 0.0412 e. The standard InChI is InChI=1S/C16H12ClN/c17-15-3-1-2-11(9-15)12-4-5-14-10-16(18)7-6-13(14)8-12/h1-10H,18H2. The van der Waals surface area contributed by atoms with Gasteiger partial charge in [0.15, 0.2) is 0 Å². The molecule has 0 atom stereocenters. The van der Waals surface area contributed by atoms with Gasteiger partial charge in [0.05, 0.1) is 0 Å². The van der Waals surface area contributed by atoms with E-state index in [1.807, 2.05) is 36.4 Å². The Bertz CT molecular complexity index is 719. The lowest BCUT2D eigenvalue weighted by molar-refractivity contribution is 1.64. The Morgan fingerprint density at radius 1 is 0.722 bits per heavy atom. The number of nitrogen functional groups attached to an aromatic ring is 1. The van der Waals surface area contributed by atoms with Crippen LogP contribution in [0.5, 0.6) is 0 Å². The van der Waals surface area contributed by atoms with E-state index in [-0.39, 0.29) is 0 Å². The van der Waals surface area contributed by atoms with E-state index in [2.05, 4.69) is 24.3 Å². The summed E-state index contributed by atoms with van der Waals surface area (Å²) in [4.78, 5) is 0. The topological polar surface area (TPSA) is 26.0 Å². The van der Waals surface area contributed by atoms with Crippen molar-refractivity contribution in [2.75, 3.05) is 5.73 Å². The predicted octanol–water partition coefficient (Wildman–Crippen LogP) is 4.74. The van der Waals surface area contributed by atoms with Crippen molar-refractivity contribution in [3.63, 3.8) is 0 Å². The first kappa shape index (κ1) is 11.1. The van der Waals surface area contributed by atoms with Crippen molar-refractivity contribution in [1.29, 1.82) is 0 Å². The van der Waals surface area contributed by atoms with Crippen LogP contribution in [-0.2, 0) is 0 Å². The highest BCUT2D eigenvalue weighted by Crippen LogP contribution is 2.27. The molecule has 3 aromatic carbocycles. The molecule has 0 aliphatic heterocycles. The number of hydrogen-bond donors (Lipinski definition) is 1. The zero-order valence-electron chi connectivity index (χ0n) is 9.73. The van der Waals surface area contributed by atoms with Crippen molar-refractivity contribution < 1.29 is 0 Å². The first-order valence-electron chi connectivity index (χ1n) is 5.78. The SMILES string of the molecule is Nc1ccc2cc(-c3cccc(Cl)c3)ccc2c1. The van der Waals surface area contributed by atoms with Crippen LogP contribution >= 0.6 is 11.6 Å². The van der Waals surface area contributed by atoms with E-state index in [0.29, 0.717) is 0 Å². The summed E-state index contributed by atoms with van der Waals surface area (Å²) in [6, 6.07) is 20.2. The van der Waals surface area contributed by atoms with Gasteiger partial charge in [0, 0.05) is 10.7 Å². The van der Waals surface area contributed by atoms with Gasteiger partial charge < -0.3 is 5.73 Å². The lowest BCUT2D eigenvalue weighted by atomic mass is 10.0. The van der Waals surface area contributed by atoms with Gasteiger partial charge in [0.25, 0.3) is 0 Å². The van der Waals surface area contributed by atoms with Gasteiger partial charge in [-0.3, -0.25) is 0 Å². The largest absolute Gasteiger partial charge is 0.399 e. The summed E-state index contributed by atoms with van der Waals surface area (Å²) in [7, 11) is 0. The van der Waals surface area contributed by atoms with Crippen LogP contribution in [0.3, 0.4) is 0 Å².